The summed E-state index contributed by atoms with van der Waals surface area (Å²) in [5.41, 5.74) is 0. The van der Waals surface area contributed by atoms with E-state index in [2.05, 4.69) is 0 Å². The van der Waals surface area contributed by atoms with E-state index in [-0.39, 0.29) is 5.91 Å². The molecule has 5 heteroatoms. The molecule has 0 unspecified atom stereocenters. The number of carbonyl (C=O) groups is 1. The first-order chi connectivity index (χ1) is 5.01. The van der Waals surface area contributed by atoms with Crippen LogP contribution in [0.4, 0.5) is 0 Å². The fourth-order valence-electron chi connectivity index (χ4n) is 1.04. The zero-order chi connectivity index (χ0) is 8.48. The lowest BCUT2D eigenvalue weighted by molar-refractivity contribution is -0.128. The van der Waals surface area contributed by atoms with Crippen molar-refractivity contribution in [2.45, 2.75) is 6.92 Å². The average Bonchev–Trinajstić information content (AvgIpc) is 1.86. The van der Waals surface area contributed by atoms with E-state index in [0.29, 0.717) is 24.6 Å². The van der Waals surface area contributed by atoms with Gasteiger partial charge in [0.2, 0.25) is 5.91 Å². The fraction of sp³-hybridized carbons (Fsp3) is 0.833. The number of rotatable bonds is 0. The van der Waals surface area contributed by atoms with Gasteiger partial charge in [0.1, 0.15) is 0 Å². The van der Waals surface area contributed by atoms with Crippen LogP contribution in [0.25, 0.3) is 0 Å². The van der Waals surface area contributed by atoms with Gasteiger partial charge in [-0.3, -0.25) is 13.9 Å². The Hall–Kier alpha value is -0.260. The molecule has 0 saturated carbocycles. The molecule has 2 N–H and O–H groups in total. The van der Waals surface area contributed by atoms with Crippen molar-refractivity contribution in [3.05, 3.63) is 0 Å². The highest BCUT2D eigenvalue weighted by molar-refractivity contribution is 8.24. The first kappa shape index (κ1) is 8.83. The summed E-state index contributed by atoms with van der Waals surface area (Å²) in [5.74, 6) is 0.694. The summed E-state index contributed by atoms with van der Waals surface area (Å²) in [6, 6.07) is 0. The third-order valence-corrected chi connectivity index (χ3v) is 3.49. The quantitative estimate of drug-likeness (QED) is 0.572. The fourth-order valence-corrected chi connectivity index (χ4v) is 2.27. The molecule has 0 spiro atoms. The van der Waals surface area contributed by atoms with E-state index in [1.54, 1.807) is 4.90 Å². The molecule has 1 aliphatic heterocycles. The van der Waals surface area contributed by atoms with Crippen molar-refractivity contribution in [3.63, 3.8) is 0 Å². The molecule has 0 radical (unpaired) electrons. The van der Waals surface area contributed by atoms with E-state index in [9.17, 15) is 13.9 Å². The summed E-state index contributed by atoms with van der Waals surface area (Å²) in [7, 11) is -2.34. The van der Waals surface area contributed by atoms with Crippen LogP contribution in [0.1, 0.15) is 6.92 Å². The maximum Gasteiger partial charge on any atom is 0.219 e. The number of carbonyl (C=O) groups excluding carboxylic acids is 1. The molecule has 11 heavy (non-hydrogen) atoms. The Morgan fingerprint density at radius 2 is 1.82 bits per heavy atom. The van der Waals surface area contributed by atoms with Crippen LogP contribution in [-0.2, 0) is 4.79 Å². The van der Waals surface area contributed by atoms with Gasteiger partial charge in [-0.15, -0.1) is 0 Å². The van der Waals surface area contributed by atoms with Gasteiger partial charge in [0.05, 0.1) is 11.5 Å². The molecule has 0 aliphatic carbocycles. The molecule has 4 nitrogen and oxygen atoms in total. The maximum atomic E-state index is 10.8. The van der Waals surface area contributed by atoms with E-state index < -0.39 is 10.6 Å². The normalized spacial score (nSPS) is 26.3. The molecular formula is C6H13NO3S. The average molecular weight is 179 g/mol. The predicted octanol–water partition coefficient (Wildman–Crippen LogP) is 0.599. The molecule has 0 bridgehead atoms. The Labute approximate surface area is 67.5 Å². The zero-order valence-electron chi connectivity index (χ0n) is 6.49. The molecule has 66 valence electrons. The first-order valence-electron chi connectivity index (χ1n) is 3.50. The Morgan fingerprint density at radius 1 is 1.36 bits per heavy atom. The minimum absolute atomic E-state index is 0.0138. The number of hydrogen-bond donors (Lipinski definition) is 2. The molecule has 1 heterocycles. The molecule has 0 aromatic heterocycles. The summed E-state index contributed by atoms with van der Waals surface area (Å²) < 4.78 is 18.3. The van der Waals surface area contributed by atoms with Crippen LogP contribution in [0.15, 0.2) is 0 Å². The molecule has 1 amide bonds. The van der Waals surface area contributed by atoms with Gasteiger partial charge in [-0.25, -0.2) is 0 Å². The van der Waals surface area contributed by atoms with Crippen molar-refractivity contribution in [1.29, 1.82) is 0 Å². The molecule has 1 aliphatic rings. The van der Waals surface area contributed by atoms with Crippen molar-refractivity contribution in [1.82, 2.24) is 4.90 Å². The third kappa shape index (κ3) is 2.36. The van der Waals surface area contributed by atoms with Crippen LogP contribution < -0.4 is 0 Å². The Morgan fingerprint density at radius 3 is 2.18 bits per heavy atom. The Balaban J connectivity index is 2.42. The van der Waals surface area contributed by atoms with E-state index in [1.807, 2.05) is 0 Å². The van der Waals surface area contributed by atoms with Crippen molar-refractivity contribution in [2.75, 3.05) is 24.6 Å². The van der Waals surface area contributed by atoms with Crippen molar-refractivity contribution in [2.24, 2.45) is 0 Å². The van der Waals surface area contributed by atoms with Crippen molar-refractivity contribution < 1.29 is 13.9 Å². The second kappa shape index (κ2) is 3.00. The maximum absolute atomic E-state index is 10.8. The van der Waals surface area contributed by atoms with Gasteiger partial charge in [-0.1, -0.05) is 0 Å². The number of hydrogen-bond acceptors (Lipinski definition) is 3. The molecule has 1 saturated heterocycles. The first-order valence-corrected chi connectivity index (χ1v) is 5.39. The topological polar surface area (TPSA) is 60.8 Å². The number of amides is 1. The molecule has 0 aromatic rings. The van der Waals surface area contributed by atoms with Crippen molar-refractivity contribution in [3.8, 4) is 0 Å². The molecular weight excluding hydrogens is 166 g/mol. The smallest absolute Gasteiger partial charge is 0.219 e. The lowest BCUT2D eigenvalue weighted by atomic mass is 10.5. The van der Waals surface area contributed by atoms with E-state index in [4.69, 9.17) is 0 Å². The van der Waals surface area contributed by atoms with Gasteiger partial charge in [0.25, 0.3) is 0 Å². The second-order valence-corrected chi connectivity index (χ2v) is 5.14. The Bertz CT molecular complexity index is 161. The van der Waals surface area contributed by atoms with Gasteiger partial charge in [0, 0.05) is 20.0 Å². The molecule has 0 atom stereocenters. The standard InChI is InChI=1S/C6H13NO3S/c1-6(8)7-2-4-11(9,10)5-3-7/h9-10H,2-5H2,1H3. The van der Waals surface area contributed by atoms with Crippen LogP contribution in [-0.4, -0.2) is 44.5 Å². The van der Waals surface area contributed by atoms with Gasteiger partial charge >= 0.3 is 0 Å². The lowest BCUT2D eigenvalue weighted by Gasteiger charge is -2.40. The molecule has 0 aromatic carbocycles. The second-order valence-electron chi connectivity index (χ2n) is 2.72. The highest BCUT2D eigenvalue weighted by atomic mass is 32.3. The summed E-state index contributed by atoms with van der Waals surface area (Å²) in [5, 5.41) is 0. The minimum Gasteiger partial charge on any atom is -0.340 e. The van der Waals surface area contributed by atoms with Crippen LogP contribution >= 0.6 is 10.6 Å². The van der Waals surface area contributed by atoms with E-state index >= 15 is 0 Å². The highest BCUT2D eigenvalue weighted by Gasteiger charge is 2.22. The molecule has 1 fully saturated rings. The molecule has 1 rings (SSSR count). The van der Waals surface area contributed by atoms with Crippen molar-refractivity contribution >= 4 is 16.5 Å². The summed E-state index contributed by atoms with van der Waals surface area (Å²) in [6.45, 7) is 2.46. The monoisotopic (exact) mass is 179 g/mol. The van der Waals surface area contributed by atoms with Gasteiger partial charge in [-0.2, -0.15) is 10.6 Å². The summed E-state index contributed by atoms with van der Waals surface area (Å²) >= 11 is 0. The predicted molar refractivity (Wildman–Crippen MR) is 44.8 cm³/mol. The Kier molecular flexibility index (Phi) is 2.41. The van der Waals surface area contributed by atoms with Crippen LogP contribution in [0, 0.1) is 0 Å². The van der Waals surface area contributed by atoms with Gasteiger partial charge < -0.3 is 4.90 Å². The highest BCUT2D eigenvalue weighted by Crippen LogP contribution is 2.40. The minimum atomic E-state index is -2.34. The van der Waals surface area contributed by atoms with Crippen LogP contribution in [0.5, 0.6) is 0 Å². The zero-order valence-corrected chi connectivity index (χ0v) is 7.30. The van der Waals surface area contributed by atoms with Gasteiger partial charge in [-0.05, 0) is 0 Å². The van der Waals surface area contributed by atoms with E-state index in [0.717, 1.165) is 0 Å². The summed E-state index contributed by atoms with van der Waals surface area (Å²) in [6.07, 6.45) is 0. The van der Waals surface area contributed by atoms with Gasteiger partial charge in [0.15, 0.2) is 0 Å². The largest absolute Gasteiger partial charge is 0.340 e. The van der Waals surface area contributed by atoms with Crippen LogP contribution in [0.2, 0.25) is 0 Å². The number of nitrogens with zero attached hydrogens (tertiary/aromatic N) is 1. The van der Waals surface area contributed by atoms with Crippen LogP contribution in [0.3, 0.4) is 0 Å². The van der Waals surface area contributed by atoms with E-state index in [1.165, 1.54) is 6.92 Å². The SMILES string of the molecule is CC(=O)N1CCS(O)(O)CC1. The summed E-state index contributed by atoms with van der Waals surface area (Å²) in [4.78, 5) is 12.4. The third-order valence-electron chi connectivity index (χ3n) is 1.82. The lowest BCUT2D eigenvalue weighted by Crippen LogP contribution is -2.40.